The van der Waals surface area contributed by atoms with Crippen LogP contribution in [0.5, 0.6) is 5.75 Å². The molecule has 0 aromatic heterocycles. The van der Waals surface area contributed by atoms with E-state index in [4.69, 9.17) is 4.74 Å². The highest BCUT2D eigenvalue weighted by atomic mass is 16.5. The maximum absolute atomic E-state index is 13.0. The van der Waals surface area contributed by atoms with Gasteiger partial charge in [-0.1, -0.05) is 49.4 Å². The number of nitrogens with one attached hydrogen (secondary N) is 1. The highest BCUT2D eigenvalue weighted by molar-refractivity contribution is 6.06. The highest BCUT2D eigenvalue weighted by Crippen LogP contribution is 2.28. The summed E-state index contributed by atoms with van der Waals surface area (Å²) in [6.07, 6.45) is 0.791. The number of para-hydroxylation sites is 2. The van der Waals surface area contributed by atoms with Gasteiger partial charge in [0, 0.05) is 38.8 Å². The quantitative estimate of drug-likeness (QED) is 0.576. The minimum absolute atomic E-state index is 0.00452. The second-order valence-corrected chi connectivity index (χ2v) is 9.25. The number of likely N-dealkylation sites (tertiary alicyclic amines) is 1. The van der Waals surface area contributed by atoms with Gasteiger partial charge in [-0.15, -0.1) is 0 Å². The van der Waals surface area contributed by atoms with Crippen LogP contribution in [0.2, 0.25) is 0 Å². The molecule has 0 bridgehead atoms. The lowest BCUT2D eigenvalue weighted by Gasteiger charge is -2.36. The van der Waals surface area contributed by atoms with E-state index in [2.05, 4.69) is 21.2 Å². The van der Waals surface area contributed by atoms with Gasteiger partial charge in [-0.05, 0) is 37.6 Å². The number of nitrogens with zero attached hydrogens (tertiary/aromatic N) is 3. The van der Waals surface area contributed by atoms with Gasteiger partial charge in [-0.25, -0.2) is 0 Å². The molecule has 0 saturated carbocycles. The van der Waals surface area contributed by atoms with Crippen molar-refractivity contribution in [2.75, 3.05) is 51.3 Å². The summed E-state index contributed by atoms with van der Waals surface area (Å²) < 4.78 is 5.50. The van der Waals surface area contributed by atoms with E-state index in [1.54, 1.807) is 7.11 Å². The average Bonchev–Trinajstić information content (AvgIpc) is 3.08. The molecular formula is C27H36N4O3. The SMILES string of the molecule is COc1ccccc1N1CCN(CCCN2C(=O)C(C)C(NC(C)c3ccccc3)C2=O)CC1. The van der Waals surface area contributed by atoms with E-state index < -0.39 is 6.04 Å². The molecule has 3 atom stereocenters. The second kappa shape index (κ2) is 11.0. The standard InChI is InChI=1S/C27H36N4O3/c1-20-25(28-21(2)22-10-5-4-6-11-22)27(33)31(26(20)32)15-9-14-29-16-18-30(19-17-29)23-12-7-8-13-24(23)34-3/h4-8,10-13,20-21,25,28H,9,14-19H2,1-3H3. The molecule has 0 spiro atoms. The van der Waals surface area contributed by atoms with Crippen LogP contribution < -0.4 is 15.0 Å². The molecule has 0 aliphatic carbocycles. The number of piperazine rings is 1. The number of hydrogen-bond donors (Lipinski definition) is 1. The maximum atomic E-state index is 13.0. The molecule has 182 valence electrons. The summed E-state index contributed by atoms with van der Waals surface area (Å²) in [5, 5.41) is 3.39. The number of anilines is 1. The van der Waals surface area contributed by atoms with Gasteiger partial charge in [0.25, 0.3) is 0 Å². The third kappa shape index (κ3) is 5.26. The molecule has 0 radical (unpaired) electrons. The molecule has 2 heterocycles. The van der Waals surface area contributed by atoms with Crippen molar-refractivity contribution < 1.29 is 14.3 Å². The molecule has 2 aliphatic rings. The van der Waals surface area contributed by atoms with E-state index in [0.29, 0.717) is 6.54 Å². The summed E-state index contributed by atoms with van der Waals surface area (Å²) in [5.74, 6) is 0.397. The summed E-state index contributed by atoms with van der Waals surface area (Å²) >= 11 is 0. The molecule has 1 N–H and O–H groups in total. The molecular weight excluding hydrogens is 428 g/mol. The van der Waals surface area contributed by atoms with Crippen LogP contribution in [-0.4, -0.2) is 74.0 Å². The fraction of sp³-hybridized carbons (Fsp3) is 0.481. The van der Waals surface area contributed by atoms with Gasteiger partial charge in [0.1, 0.15) is 5.75 Å². The number of methoxy groups -OCH3 is 1. The van der Waals surface area contributed by atoms with Gasteiger partial charge < -0.3 is 9.64 Å². The lowest BCUT2D eigenvalue weighted by Crippen LogP contribution is -2.47. The van der Waals surface area contributed by atoms with Crippen molar-refractivity contribution in [1.82, 2.24) is 15.1 Å². The van der Waals surface area contributed by atoms with E-state index in [-0.39, 0.29) is 23.8 Å². The number of ether oxygens (including phenoxy) is 1. The molecule has 2 aromatic rings. The fourth-order valence-corrected chi connectivity index (χ4v) is 4.98. The van der Waals surface area contributed by atoms with E-state index in [1.165, 1.54) is 4.90 Å². The largest absolute Gasteiger partial charge is 0.495 e. The van der Waals surface area contributed by atoms with E-state index >= 15 is 0 Å². The Morgan fingerprint density at radius 3 is 2.32 bits per heavy atom. The molecule has 2 fully saturated rings. The van der Waals surface area contributed by atoms with Crippen molar-refractivity contribution in [2.24, 2.45) is 5.92 Å². The van der Waals surface area contributed by atoms with Gasteiger partial charge >= 0.3 is 0 Å². The Bertz CT molecular complexity index is 975. The number of imide groups is 1. The minimum atomic E-state index is -0.466. The minimum Gasteiger partial charge on any atom is -0.495 e. The Hall–Kier alpha value is -2.90. The van der Waals surface area contributed by atoms with Crippen LogP contribution in [-0.2, 0) is 9.59 Å². The van der Waals surface area contributed by atoms with Gasteiger partial charge in [-0.3, -0.25) is 24.7 Å². The average molecular weight is 465 g/mol. The molecule has 7 heteroatoms. The Labute approximate surface area is 202 Å². The number of rotatable bonds is 9. The van der Waals surface area contributed by atoms with E-state index in [1.807, 2.05) is 62.4 Å². The summed E-state index contributed by atoms with van der Waals surface area (Å²) in [6, 6.07) is 17.7. The van der Waals surface area contributed by atoms with Crippen LogP contribution >= 0.6 is 0 Å². The number of carbonyl (C=O) groups excluding carboxylic acids is 2. The van der Waals surface area contributed by atoms with Crippen molar-refractivity contribution >= 4 is 17.5 Å². The summed E-state index contributed by atoms with van der Waals surface area (Å²) in [7, 11) is 1.71. The van der Waals surface area contributed by atoms with Gasteiger partial charge in [0.05, 0.1) is 24.8 Å². The summed E-state index contributed by atoms with van der Waals surface area (Å²) in [6.45, 7) is 9.02. The van der Waals surface area contributed by atoms with Gasteiger partial charge in [0.2, 0.25) is 11.8 Å². The first-order valence-corrected chi connectivity index (χ1v) is 12.3. The van der Waals surface area contributed by atoms with Crippen LogP contribution in [0, 0.1) is 5.92 Å². The second-order valence-electron chi connectivity index (χ2n) is 9.25. The van der Waals surface area contributed by atoms with Crippen molar-refractivity contribution in [3.63, 3.8) is 0 Å². The third-order valence-electron chi connectivity index (χ3n) is 7.07. The lowest BCUT2D eigenvalue weighted by atomic mass is 10.0. The molecule has 2 saturated heterocycles. The number of benzene rings is 2. The Balaban J connectivity index is 1.25. The molecule has 2 amide bonds. The normalized spacial score (nSPS) is 22.3. The van der Waals surface area contributed by atoms with Gasteiger partial charge in [-0.2, -0.15) is 0 Å². The predicted molar refractivity (Wildman–Crippen MR) is 134 cm³/mol. The smallest absolute Gasteiger partial charge is 0.247 e. The number of carbonyl (C=O) groups is 2. The number of hydrogen-bond acceptors (Lipinski definition) is 6. The Morgan fingerprint density at radius 1 is 0.941 bits per heavy atom. The van der Waals surface area contributed by atoms with Crippen LogP contribution in [0.15, 0.2) is 54.6 Å². The Kier molecular flexibility index (Phi) is 7.85. The fourth-order valence-electron chi connectivity index (χ4n) is 4.98. The van der Waals surface area contributed by atoms with Crippen LogP contribution in [0.4, 0.5) is 5.69 Å². The topological polar surface area (TPSA) is 65.1 Å². The molecule has 34 heavy (non-hydrogen) atoms. The van der Waals surface area contributed by atoms with Crippen molar-refractivity contribution in [2.45, 2.75) is 32.4 Å². The first kappa shape index (κ1) is 24.2. The predicted octanol–water partition coefficient (Wildman–Crippen LogP) is 2.93. The Morgan fingerprint density at radius 2 is 1.62 bits per heavy atom. The zero-order valence-electron chi connectivity index (χ0n) is 20.4. The first-order chi connectivity index (χ1) is 16.5. The van der Waals surface area contributed by atoms with Crippen LogP contribution in [0.25, 0.3) is 0 Å². The zero-order chi connectivity index (χ0) is 24.1. The van der Waals surface area contributed by atoms with Crippen molar-refractivity contribution in [3.8, 4) is 5.75 Å². The lowest BCUT2D eigenvalue weighted by molar-refractivity contribution is -0.139. The summed E-state index contributed by atoms with van der Waals surface area (Å²) in [4.78, 5) is 32.1. The van der Waals surface area contributed by atoms with Crippen LogP contribution in [0.1, 0.15) is 31.9 Å². The van der Waals surface area contributed by atoms with Crippen molar-refractivity contribution in [3.05, 3.63) is 60.2 Å². The first-order valence-electron chi connectivity index (χ1n) is 12.3. The maximum Gasteiger partial charge on any atom is 0.247 e. The molecule has 3 unspecified atom stereocenters. The molecule has 4 rings (SSSR count). The summed E-state index contributed by atoms with van der Waals surface area (Å²) in [5.41, 5.74) is 2.25. The monoisotopic (exact) mass is 464 g/mol. The van der Waals surface area contributed by atoms with Crippen molar-refractivity contribution in [1.29, 1.82) is 0 Å². The number of amides is 2. The molecule has 2 aliphatic heterocycles. The van der Waals surface area contributed by atoms with E-state index in [9.17, 15) is 9.59 Å². The molecule has 7 nitrogen and oxygen atoms in total. The third-order valence-corrected chi connectivity index (χ3v) is 7.07. The van der Waals surface area contributed by atoms with Crippen LogP contribution in [0.3, 0.4) is 0 Å². The van der Waals surface area contributed by atoms with Gasteiger partial charge in [0.15, 0.2) is 0 Å². The highest BCUT2D eigenvalue weighted by Gasteiger charge is 2.45. The zero-order valence-corrected chi connectivity index (χ0v) is 20.4. The van der Waals surface area contributed by atoms with E-state index in [0.717, 1.165) is 56.1 Å². The molecule has 2 aromatic carbocycles.